The van der Waals surface area contributed by atoms with Gasteiger partial charge in [0.25, 0.3) is 0 Å². The number of thioether (sulfide) groups is 1. The van der Waals surface area contributed by atoms with E-state index in [4.69, 9.17) is 4.98 Å². The van der Waals surface area contributed by atoms with E-state index in [1.165, 1.54) is 11.4 Å². The topological polar surface area (TPSA) is 32.6 Å². The van der Waals surface area contributed by atoms with Gasteiger partial charge in [-0.3, -0.25) is 4.40 Å². The van der Waals surface area contributed by atoms with Crippen LogP contribution in [0.1, 0.15) is 19.5 Å². The van der Waals surface area contributed by atoms with Crippen LogP contribution in [0.2, 0.25) is 0 Å². The van der Waals surface area contributed by atoms with Gasteiger partial charge in [0.15, 0.2) is 10.8 Å². The van der Waals surface area contributed by atoms with Gasteiger partial charge in [-0.1, -0.05) is 0 Å². The van der Waals surface area contributed by atoms with E-state index in [2.05, 4.69) is 51.8 Å². The number of fused-ring (bicyclic) bond motifs is 1. The number of imidazole rings is 1. The van der Waals surface area contributed by atoms with Gasteiger partial charge in [-0.05, 0) is 20.9 Å². The maximum Gasteiger partial charge on any atom is 0.195 e. The van der Waals surface area contributed by atoms with Gasteiger partial charge in [-0.25, -0.2) is 4.98 Å². The van der Waals surface area contributed by atoms with Crippen LogP contribution in [0.25, 0.3) is 4.96 Å². The number of nitrogens with one attached hydrogen (secondary N) is 1. The third-order valence-corrected chi connectivity index (χ3v) is 5.46. The summed E-state index contributed by atoms with van der Waals surface area (Å²) in [7, 11) is 1.99. The minimum atomic E-state index is 0.312. The van der Waals surface area contributed by atoms with E-state index in [-0.39, 0.29) is 0 Å². The summed E-state index contributed by atoms with van der Waals surface area (Å²) in [5.41, 5.74) is 1.28. The molecule has 4 nitrogen and oxygen atoms in total. The van der Waals surface area contributed by atoms with Gasteiger partial charge in [-0.2, -0.15) is 11.8 Å². The molecular weight excluding hydrogens is 276 g/mol. The number of aromatic nitrogens is 2. The van der Waals surface area contributed by atoms with Gasteiger partial charge in [0.2, 0.25) is 0 Å². The predicted octanol–water partition coefficient (Wildman–Crippen LogP) is 2.45. The smallest absolute Gasteiger partial charge is 0.195 e. The van der Waals surface area contributed by atoms with E-state index >= 15 is 0 Å². The Kier molecular flexibility index (Phi) is 3.49. The first-order valence-corrected chi connectivity index (χ1v) is 8.45. The average molecular weight is 296 g/mol. The molecule has 0 amide bonds. The van der Waals surface area contributed by atoms with Crippen molar-refractivity contribution in [3.05, 3.63) is 17.3 Å². The molecule has 0 saturated carbocycles. The third-order valence-electron chi connectivity index (χ3n) is 3.41. The van der Waals surface area contributed by atoms with Gasteiger partial charge in [0.1, 0.15) is 0 Å². The Morgan fingerprint density at radius 2 is 2.32 bits per heavy atom. The van der Waals surface area contributed by atoms with Gasteiger partial charge in [0.05, 0.1) is 5.69 Å². The highest BCUT2D eigenvalue weighted by molar-refractivity contribution is 8.00. The molecule has 0 unspecified atom stereocenters. The first kappa shape index (κ1) is 13.3. The van der Waals surface area contributed by atoms with Crippen molar-refractivity contribution in [3.63, 3.8) is 0 Å². The minimum Gasteiger partial charge on any atom is -0.353 e. The second-order valence-corrected chi connectivity index (χ2v) is 8.17. The van der Waals surface area contributed by atoms with Crippen molar-refractivity contribution in [2.75, 3.05) is 30.8 Å². The van der Waals surface area contributed by atoms with Crippen molar-refractivity contribution < 1.29 is 0 Å². The van der Waals surface area contributed by atoms with Crippen molar-refractivity contribution in [1.82, 2.24) is 14.7 Å². The second kappa shape index (κ2) is 5.00. The molecule has 0 atom stereocenters. The first-order chi connectivity index (χ1) is 9.11. The number of thiazole rings is 1. The van der Waals surface area contributed by atoms with Crippen LogP contribution in [-0.4, -0.2) is 40.0 Å². The Morgan fingerprint density at radius 3 is 3.05 bits per heavy atom. The summed E-state index contributed by atoms with van der Waals surface area (Å²) in [5.74, 6) is 2.34. The molecule has 2 aromatic rings. The largest absolute Gasteiger partial charge is 0.353 e. The van der Waals surface area contributed by atoms with Crippen LogP contribution in [0.15, 0.2) is 11.6 Å². The fourth-order valence-corrected chi connectivity index (χ4v) is 4.44. The highest BCUT2D eigenvalue weighted by atomic mass is 32.2. The molecule has 1 saturated heterocycles. The quantitative estimate of drug-likeness (QED) is 0.943. The lowest BCUT2D eigenvalue weighted by Crippen LogP contribution is -2.43. The van der Waals surface area contributed by atoms with Crippen LogP contribution < -0.4 is 10.2 Å². The van der Waals surface area contributed by atoms with Gasteiger partial charge in [0, 0.05) is 41.7 Å². The Bertz CT molecular complexity index is 572. The molecule has 0 aromatic carbocycles. The number of anilines is 1. The van der Waals surface area contributed by atoms with Crippen molar-refractivity contribution in [2.45, 2.75) is 25.1 Å². The predicted molar refractivity (Wildman–Crippen MR) is 84.6 cm³/mol. The molecule has 2 aromatic heterocycles. The van der Waals surface area contributed by atoms with Crippen molar-refractivity contribution in [2.24, 2.45) is 0 Å². The van der Waals surface area contributed by atoms with E-state index in [9.17, 15) is 0 Å². The normalized spacial score (nSPS) is 19.2. The number of rotatable bonds is 3. The zero-order valence-corrected chi connectivity index (χ0v) is 13.3. The SMILES string of the molecule is CNCc1c(N2CCSC(C)(C)C2)nc2sccn12. The number of nitrogens with zero attached hydrogens (tertiary/aromatic N) is 3. The summed E-state index contributed by atoms with van der Waals surface area (Å²) >= 11 is 3.76. The first-order valence-electron chi connectivity index (χ1n) is 6.59. The molecule has 19 heavy (non-hydrogen) atoms. The fourth-order valence-electron chi connectivity index (χ4n) is 2.60. The van der Waals surface area contributed by atoms with Crippen LogP contribution in [0.3, 0.4) is 0 Å². The molecule has 3 rings (SSSR count). The summed E-state index contributed by atoms with van der Waals surface area (Å²) in [5, 5.41) is 5.36. The molecular formula is C13H20N4S2. The highest BCUT2D eigenvalue weighted by Gasteiger charge is 2.30. The maximum absolute atomic E-state index is 4.84. The molecule has 0 spiro atoms. The lowest BCUT2D eigenvalue weighted by Gasteiger charge is -2.38. The third kappa shape index (κ3) is 2.49. The zero-order valence-electron chi connectivity index (χ0n) is 11.6. The van der Waals surface area contributed by atoms with E-state index in [0.717, 1.165) is 30.4 Å². The highest BCUT2D eigenvalue weighted by Crippen LogP contribution is 2.34. The Balaban J connectivity index is 1.99. The van der Waals surface area contributed by atoms with Gasteiger partial charge >= 0.3 is 0 Å². The van der Waals surface area contributed by atoms with E-state index in [1.54, 1.807) is 11.3 Å². The molecule has 6 heteroatoms. The molecule has 1 N–H and O–H groups in total. The molecule has 0 aliphatic carbocycles. The summed E-state index contributed by atoms with van der Waals surface area (Å²) in [4.78, 5) is 8.38. The van der Waals surface area contributed by atoms with E-state index < -0.39 is 0 Å². The van der Waals surface area contributed by atoms with Crippen LogP contribution in [0, 0.1) is 0 Å². The van der Waals surface area contributed by atoms with Crippen LogP contribution in [0.4, 0.5) is 5.82 Å². The molecule has 0 radical (unpaired) electrons. The van der Waals surface area contributed by atoms with Gasteiger partial charge in [-0.15, -0.1) is 11.3 Å². The summed E-state index contributed by atoms with van der Waals surface area (Å²) in [6, 6.07) is 0. The Labute approximate surface area is 122 Å². The van der Waals surface area contributed by atoms with Crippen molar-refractivity contribution >= 4 is 33.9 Å². The molecule has 1 aliphatic heterocycles. The molecule has 1 fully saturated rings. The summed E-state index contributed by atoms with van der Waals surface area (Å²) in [6.07, 6.45) is 2.12. The van der Waals surface area contributed by atoms with Crippen molar-refractivity contribution in [1.29, 1.82) is 0 Å². The average Bonchev–Trinajstić information content (AvgIpc) is 2.90. The standard InChI is InChI=1S/C13H20N4S2/c1-13(2)9-16(4-7-19-13)11-10(8-14-3)17-5-6-18-12(17)15-11/h5-6,14H,4,7-9H2,1-3H3. The Hall–Kier alpha value is -0.720. The summed E-state index contributed by atoms with van der Waals surface area (Å²) < 4.78 is 2.53. The zero-order chi connectivity index (χ0) is 13.5. The van der Waals surface area contributed by atoms with E-state index in [0.29, 0.717) is 4.75 Å². The molecule has 1 aliphatic rings. The Morgan fingerprint density at radius 1 is 1.47 bits per heavy atom. The lowest BCUT2D eigenvalue weighted by molar-refractivity contribution is 0.638. The number of hydrogen-bond acceptors (Lipinski definition) is 5. The van der Waals surface area contributed by atoms with Crippen LogP contribution >= 0.6 is 23.1 Å². The monoisotopic (exact) mass is 296 g/mol. The van der Waals surface area contributed by atoms with Crippen molar-refractivity contribution in [3.8, 4) is 0 Å². The van der Waals surface area contributed by atoms with Crippen LogP contribution in [0.5, 0.6) is 0 Å². The van der Waals surface area contributed by atoms with E-state index in [1.807, 2.05) is 7.05 Å². The minimum absolute atomic E-state index is 0.312. The molecule has 0 bridgehead atoms. The lowest BCUT2D eigenvalue weighted by atomic mass is 10.2. The second-order valence-electron chi connectivity index (χ2n) is 5.50. The maximum atomic E-state index is 4.84. The molecule has 104 valence electrons. The fraction of sp³-hybridized carbons (Fsp3) is 0.615. The summed E-state index contributed by atoms with van der Waals surface area (Å²) in [6.45, 7) is 7.66. The number of hydrogen-bond donors (Lipinski definition) is 1. The van der Waals surface area contributed by atoms with Gasteiger partial charge < -0.3 is 10.2 Å². The van der Waals surface area contributed by atoms with Crippen LogP contribution in [-0.2, 0) is 6.54 Å². The molecule has 3 heterocycles.